The molecule has 1 aliphatic heterocycles. The Morgan fingerprint density at radius 2 is 2.26 bits per heavy atom. The van der Waals surface area contributed by atoms with Gasteiger partial charge in [0.15, 0.2) is 6.10 Å². The van der Waals surface area contributed by atoms with E-state index in [1.807, 2.05) is 31.2 Å². The van der Waals surface area contributed by atoms with Gasteiger partial charge in [-0.05, 0) is 64.3 Å². The molecule has 1 aromatic carbocycles. The van der Waals surface area contributed by atoms with E-state index in [2.05, 4.69) is 17.1 Å². The largest absolute Gasteiger partial charge is 0.481 e. The molecule has 0 aliphatic carbocycles. The lowest BCUT2D eigenvalue weighted by atomic mass is 10.0. The molecule has 2 atom stereocenters. The minimum absolute atomic E-state index is 0.0433. The lowest BCUT2D eigenvalue weighted by Crippen LogP contribution is -2.41. The van der Waals surface area contributed by atoms with Crippen molar-refractivity contribution >= 4 is 5.91 Å². The van der Waals surface area contributed by atoms with E-state index in [0.29, 0.717) is 12.6 Å². The molecular weight excluding hydrogens is 288 g/mol. The van der Waals surface area contributed by atoms with E-state index >= 15 is 0 Å². The van der Waals surface area contributed by atoms with Gasteiger partial charge < -0.3 is 15.0 Å². The Morgan fingerprint density at radius 1 is 1.43 bits per heavy atom. The van der Waals surface area contributed by atoms with Crippen LogP contribution in [0.15, 0.2) is 24.3 Å². The highest BCUT2D eigenvalue weighted by atomic mass is 16.5. The maximum Gasteiger partial charge on any atom is 0.260 e. The fourth-order valence-electron chi connectivity index (χ4n) is 3.07. The molecule has 4 heteroatoms. The van der Waals surface area contributed by atoms with Gasteiger partial charge in [0, 0.05) is 19.1 Å². The van der Waals surface area contributed by atoms with Crippen molar-refractivity contribution in [2.45, 2.75) is 58.6 Å². The van der Waals surface area contributed by atoms with E-state index in [1.165, 1.54) is 25.8 Å². The lowest BCUT2D eigenvalue weighted by Gasteiger charge is -2.33. The van der Waals surface area contributed by atoms with E-state index in [1.54, 1.807) is 6.92 Å². The average Bonchev–Trinajstić information content (AvgIpc) is 2.53. The topological polar surface area (TPSA) is 41.6 Å². The molecule has 0 saturated carbocycles. The molecule has 1 aliphatic rings. The second kappa shape index (κ2) is 8.92. The fraction of sp³-hybridized carbons (Fsp3) is 0.632. The highest BCUT2D eigenvalue weighted by molar-refractivity contribution is 5.80. The molecular formula is C19H30N2O2. The number of carbonyl (C=O) groups excluding carboxylic acids is 1. The summed E-state index contributed by atoms with van der Waals surface area (Å²) in [5.41, 5.74) is 1.13. The van der Waals surface area contributed by atoms with Crippen LogP contribution in [-0.2, 0) is 4.79 Å². The van der Waals surface area contributed by atoms with Crippen molar-refractivity contribution < 1.29 is 9.53 Å². The van der Waals surface area contributed by atoms with Crippen LogP contribution in [0, 0.1) is 6.92 Å². The summed E-state index contributed by atoms with van der Waals surface area (Å²) in [5, 5.41) is 2.98. The highest BCUT2D eigenvalue weighted by Crippen LogP contribution is 2.16. The Morgan fingerprint density at radius 3 is 3.00 bits per heavy atom. The Kier molecular flexibility index (Phi) is 6.90. The maximum absolute atomic E-state index is 12.1. The standard InChI is InChI=1S/C19H30N2O2/c1-15-8-6-10-18(14-15)23-17(3)19(22)20-11-7-13-21-12-5-4-9-16(21)2/h6,8,10,14,16-17H,4-5,7,9,11-13H2,1-3H3,(H,20,22). The first-order valence-electron chi connectivity index (χ1n) is 8.81. The number of aryl methyl sites for hydroxylation is 1. The zero-order valence-electron chi connectivity index (χ0n) is 14.7. The summed E-state index contributed by atoms with van der Waals surface area (Å²) >= 11 is 0. The quantitative estimate of drug-likeness (QED) is 0.785. The van der Waals surface area contributed by atoms with Gasteiger partial charge >= 0.3 is 0 Å². The summed E-state index contributed by atoms with van der Waals surface area (Å²) in [5.74, 6) is 0.702. The summed E-state index contributed by atoms with van der Waals surface area (Å²) in [7, 11) is 0. The summed E-state index contributed by atoms with van der Waals surface area (Å²) < 4.78 is 5.70. The van der Waals surface area contributed by atoms with Crippen LogP contribution in [0.1, 0.15) is 45.1 Å². The maximum atomic E-state index is 12.1. The third kappa shape index (κ3) is 5.87. The summed E-state index contributed by atoms with van der Waals surface area (Å²) in [6.07, 6.45) is 4.48. The van der Waals surface area contributed by atoms with E-state index in [0.717, 1.165) is 24.3 Å². The predicted molar refractivity (Wildman–Crippen MR) is 93.8 cm³/mol. The Balaban J connectivity index is 1.65. The van der Waals surface area contributed by atoms with Crippen molar-refractivity contribution in [3.8, 4) is 5.75 Å². The van der Waals surface area contributed by atoms with E-state index in [-0.39, 0.29) is 5.91 Å². The first kappa shape index (κ1) is 17.8. The van der Waals surface area contributed by atoms with Crippen LogP contribution in [-0.4, -0.2) is 42.6 Å². The zero-order valence-corrected chi connectivity index (χ0v) is 14.7. The van der Waals surface area contributed by atoms with Crippen LogP contribution in [0.3, 0.4) is 0 Å². The number of nitrogens with zero attached hydrogens (tertiary/aromatic N) is 1. The van der Waals surface area contributed by atoms with Crippen molar-refractivity contribution in [2.75, 3.05) is 19.6 Å². The summed E-state index contributed by atoms with van der Waals surface area (Å²) in [6, 6.07) is 8.47. The molecule has 1 N–H and O–H groups in total. The third-order valence-electron chi connectivity index (χ3n) is 4.53. The number of likely N-dealkylation sites (tertiary alicyclic amines) is 1. The number of amides is 1. The number of rotatable bonds is 7. The molecule has 1 amide bonds. The highest BCUT2D eigenvalue weighted by Gasteiger charge is 2.18. The number of hydrogen-bond acceptors (Lipinski definition) is 3. The number of ether oxygens (including phenoxy) is 1. The van der Waals surface area contributed by atoms with Crippen LogP contribution < -0.4 is 10.1 Å². The van der Waals surface area contributed by atoms with Gasteiger partial charge in [0.05, 0.1) is 0 Å². The Bertz CT molecular complexity index is 504. The molecule has 1 saturated heterocycles. The molecule has 0 bridgehead atoms. The van der Waals surface area contributed by atoms with Crippen molar-refractivity contribution in [3.05, 3.63) is 29.8 Å². The smallest absolute Gasteiger partial charge is 0.260 e. The fourth-order valence-corrected chi connectivity index (χ4v) is 3.07. The summed E-state index contributed by atoms with van der Waals surface area (Å²) in [4.78, 5) is 14.6. The molecule has 0 spiro atoms. The van der Waals surface area contributed by atoms with Crippen LogP contribution in [0.2, 0.25) is 0 Å². The van der Waals surface area contributed by atoms with Gasteiger partial charge in [0.2, 0.25) is 0 Å². The molecule has 2 rings (SSSR count). The van der Waals surface area contributed by atoms with Crippen LogP contribution in [0.25, 0.3) is 0 Å². The van der Waals surface area contributed by atoms with Gasteiger partial charge in [-0.15, -0.1) is 0 Å². The molecule has 128 valence electrons. The van der Waals surface area contributed by atoms with E-state index in [4.69, 9.17) is 4.74 Å². The number of nitrogens with one attached hydrogen (secondary N) is 1. The van der Waals surface area contributed by atoms with Gasteiger partial charge in [0.25, 0.3) is 5.91 Å². The SMILES string of the molecule is Cc1cccc(OC(C)C(=O)NCCCN2CCCCC2C)c1. The molecule has 4 nitrogen and oxygen atoms in total. The third-order valence-corrected chi connectivity index (χ3v) is 4.53. The number of piperidine rings is 1. The van der Waals surface area contributed by atoms with Gasteiger partial charge in [-0.25, -0.2) is 0 Å². The van der Waals surface area contributed by atoms with E-state index in [9.17, 15) is 4.79 Å². The van der Waals surface area contributed by atoms with E-state index < -0.39 is 6.10 Å². The average molecular weight is 318 g/mol. The molecule has 0 aromatic heterocycles. The van der Waals surface area contributed by atoms with Crippen LogP contribution in [0.5, 0.6) is 5.75 Å². The number of carbonyl (C=O) groups is 1. The molecule has 1 heterocycles. The molecule has 2 unspecified atom stereocenters. The monoisotopic (exact) mass is 318 g/mol. The second-order valence-electron chi connectivity index (χ2n) is 6.60. The molecule has 0 radical (unpaired) electrons. The first-order valence-corrected chi connectivity index (χ1v) is 8.81. The van der Waals surface area contributed by atoms with Crippen LogP contribution >= 0.6 is 0 Å². The van der Waals surface area contributed by atoms with Gasteiger partial charge in [-0.1, -0.05) is 18.6 Å². The molecule has 1 fully saturated rings. The van der Waals surface area contributed by atoms with Gasteiger partial charge in [0.1, 0.15) is 5.75 Å². The lowest BCUT2D eigenvalue weighted by molar-refractivity contribution is -0.127. The predicted octanol–water partition coefficient (Wildman–Crippen LogP) is 3.14. The van der Waals surface area contributed by atoms with Crippen molar-refractivity contribution in [1.82, 2.24) is 10.2 Å². The molecule has 1 aromatic rings. The molecule has 23 heavy (non-hydrogen) atoms. The first-order chi connectivity index (χ1) is 11.1. The van der Waals surface area contributed by atoms with Crippen molar-refractivity contribution in [3.63, 3.8) is 0 Å². The van der Waals surface area contributed by atoms with Crippen molar-refractivity contribution in [2.24, 2.45) is 0 Å². The minimum atomic E-state index is -0.467. The normalized spacial score (nSPS) is 20.0. The summed E-state index contributed by atoms with van der Waals surface area (Å²) in [6.45, 7) is 9.08. The van der Waals surface area contributed by atoms with Crippen molar-refractivity contribution in [1.29, 1.82) is 0 Å². The number of benzene rings is 1. The second-order valence-corrected chi connectivity index (χ2v) is 6.60. The Labute approximate surface area is 140 Å². The number of hydrogen-bond donors (Lipinski definition) is 1. The van der Waals surface area contributed by atoms with Crippen LogP contribution in [0.4, 0.5) is 0 Å². The van der Waals surface area contributed by atoms with Gasteiger partial charge in [-0.3, -0.25) is 4.79 Å². The van der Waals surface area contributed by atoms with Gasteiger partial charge in [-0.2, -0.15) is 0 Å². The zero-order chi connectivity index (χ0) is 16.7. The Hall–Kier alpha value is -1.55. The minimum Gasteiger partial charge on any atom is -0.481 e.